The largest absolute Gasteiger partial charge is 0.493 e. The monoisotopic (exact) mass is 464 g/mol. The van der Waals surface area contributed by atoms with E-state index in [0.29, 0.717) is 11.1 Å². The summed E-state index contributed by atoms with van der Waals surface area (Å²) in [4.78, 5) is 24.2. The molecular weight excluding hydrogens is 449 g/mol. The number of rotatable bonds is 6. The number of hydrogen-bond donors (Lipinski definition) is 2. The Morgan fingerprint density at radius 2 is 1.69 bits per heavy atom. The Labute approximate surface area is 185 Å². The Balaban J connectivity index is 2.01. The standard InChI is InChI=1S/C22H16ClF3N2O4/c1-31-19-11-14(23)6-8-18(19)32-17-7-5-13(22(24,25)26)10-16(17)21(30)28-15-4-2-3-12(9-15)20(27)29/h2-11H,1H3,(H2,27,29)(H,28,30). The molecule has 0 fully saturated rings. The summed E-state index contributed by atoms with van der Waals surface area (Å²) in [6.45, 7) is 0. The zero-order valence-electron chi connectivity index (χ0n) is 16.5. The normalized spacial score (nSPS) is 11.0. The van der Waals surface area contributed by atoms with Crippen molar-refractivity contribution in [2.45, 2.75) is 6.18 Å². The Kier molecular flexibility index (Phi) is 6.59. The zero-order chi connectivity index (χ0) is 23.5. The van der Waals surface area contributed by atoms with Crippen LogP contribution in [0.3, 0.4) is 0 Å². The third-order valence-corrected chi connectivity index (χ3v) is 4.54. The van der Waals surface area contributed by atoms with Crippen LogP contribution in [0.1, 0.15) is 26.3 Å². The summed E-state index contributed by atoms with van der Waals surface area (Å²) >= 11 is 5.92. The number of carbonyl (C=O) groups is 2. The Morgan fingerprint density at radius 3 is 2.34 bits per heavy atom. The minimum atomic E-state index is -4.68. The van der Waals surface area contributed by atoms with Gasteiger partial charge in [0, 0.05) is 22.3 Å². The van der Waals surface area contributed by atoms with Gasteiger partial charge in [0.2, 0.25) is 5.91 Å². The smallest absolute Gasteiger partial charge is 0.416 e. The number of alkyl halides is 3. The van der Waals surface area contributed by atoms with Crippen LogP contribution in [0.4, 0.5) is 18.9 Å². The van der Waals surface area contributed by atoms with Crippen LogP contribution < -0.4 is 20.5 Å². The van der Waals surface area contributed by atoms with Crippen LogP contribution in [0.2, 0.25) is 5.02 Å². The summed E-state index contributed by atoms with van der Waals surface area (Å²) in [6.07, 6.45) is -4.68. The van der Waals surface area contributed by atoms with Gasteiger partial charge < -0.3 is 20.5 Å². The zero-order valence-corrected chi connectivity index (χ0v) is 17.3. The summed E-state index contributed by atoms with van der Waals surface area (Å²) in [7, 11) is 1.37. The number of hydrogen-bond acceptors (Lipinski definition) is 4. The third-order valence-electron chi connectivity index (χ3n) is 4.30. The molecule has 0 bridgehead atoms. The van der Waals surface area contributed by atoms with Crippen LogP contribution in [-0.2, 0) is 6.18 Å². The predicted octanol–water partition coefficient (Wildman–Crippen LogP) is 5.51. The number of anilines is 1. The van der Waals surface area contributed by atoms with Crippen LogP contribution in [-0.4, -0.2) is 18.9 Å². The van der Waals surface area contributed by atoms with Crippen molar-refractivity contribution in [3.8, 4) is 17.2 Å². The molecule has 0 saturated carbocycles. The topological polar surface area (TPSA) is 90.7 Å². The molecule has 32 heavy (non-hydrogen) atoms. The van der Waals surface area contributed by atoms with E-state index in [2.05, 4.69) is 5.32 Å². The Hall–Kier alpha value is -3.72. The summed E-state index contributed by atoms with van der Waals surface area (Å²) in [5.74, 6) is -1.40. The predicted molar refractivity (Wildman–Crippen MR) is 112 cm³/mol. The molecule has 0 unspecified atom stereocenters. The minimum Gasteiger partial charge on any atom is -0.493 e. The van der Waals surface area contributed by atoms with Gasteiger partial charge in [0.25, 0.3) is 5.91 Å². The number of nitrogens with two attached hydrogens (primary N) is 1. The fourth-order valence-electron chi connectivity index (χ4n) is 2.77. The van der Waals surface area contributed by atoms with Gasteiger partial charge in [-0.3, -0.25) is 9.59 Å². The number of amides is 2. The maximum absolute atomic E-state index is 13.3. The fourth-order valence-corrected chi connectivity index (χ4v) is 2.93. The second kappa shape index (κ2) is 9.19. The molecule has 0 saturated heterocycles. The van der Waals surface area contributed by atoms with Crippen molar-refractivity contribution in [3.63, 3.8) is 0 Å². The van der Waals surface area contributed by atoms with Crippen molar-refractivity contribution in [1.82, 2.24) is 0 Å². The molecule has 0 aromatic heterocycles. The van der Waals surface area contributed by atoms with E-state index in [1.807, 2.05) is 0 Å². The molecule has 0 aliphatic heterocycles. The van der Waals surface area contributed by atoms with Gasteiger partial charge in [0.15, 0.2) is 11.5 Å². The van der Waals surface area contributed by atoms with E-state index < -0.39 is 23.6 Å². The first-order valence-electron chi connectivity index (χ1n) is 9.02. The minimum absolute atomic E-state index is 0.120. The van der Waals surface area contributed by atoms with E-state index in [-0.39, 0.29) is 34.1 Å². The van der Waals surface area contributed by atoms with Gasteiger partial charge in [0.1, 0.15) is 5.75 Å². The maximum Gasteiger partial charge on any atom is 0.416 e. The van der Waals surface area contributed by atoms with Gasteiger partial charge in [-0.15, -0.1) is 0 Å². The van der Waals surface area contributed by atoms with E-state index in [1.54, 1.807) is 0 Å². The summed E-state index contributed by atoms with van der Waals surface area (Å²) in [6, 6.07) is 12.6. The number of halogens is 4. The molecule has 166 valence electrons. The van der Waals surface area contributed by atoms with Crippen LogP contribution in [0.5, 0.6) is 17.2 Å². The molecule has 3 N–H and O–H groups in total. The number of carbonyl (C=O) groups excluding carboxylic acids is 2. The Bertz CT molecular complexity index is 1180. The lowest BCUT2D eigenvalue weighted by Crippen LogP contribution is -2.16. The molecule has 3 aromatic carbocycles. The molecule has 0 heterocycles. The molecule has 0 aliphatic carbocycles. The highest BCUT2D eigenvalue weighted by Gasteiger charge is 2.32. The highest BCUT2D eigenvalue weighted by molar-refractivity contribution is 6.30. The van der Waals surface area contributed by atoms with Crippen molar-refractivity contribution in [3.05, 3.63) is 82.4 Å². The van der Waals surface area contributed by atoms with Crippen LogP contribution in [0.15, 0.2) is 60.7 Å². The second-order valence-corrected chi connectivity index (χ2v) is 6.94. The lowest BCUT2D eigenvalue weighted by atomic mass is 10.1. The highest BCUT2D eigenvalue weighted by Crippen LogP contribution is 2.38. The molecule has 6 nitrogen and oxygen atoms in total. The molecule has 3 rings (SSSR count). The lowest BCUT2D eigenvalue weighted by molar-refractivity contribution is -0.137. The lowest BCUT2D eigenvalue weighted by Gasteiger charge is -2.16. The average molecular weight is 465 g/mol. The van der Waals surface area contributed by atoms with Crippen molar-refractivity contribution in [2.75, 3.05) is 12.4 Å². The average Bonchev–Trinajstić information content (AvgIpc) is 2.74. The van der Waals surface area contributed by atoms with Gasteiger partial charge in [-0.2, -0.15) is 13.2 Å². The Morgan fingerprint density at radius 1 is 0.969 bits per heavy atom. The van der Waals surface area contributed by atoms with E-state index >= 15 is 0 Å². The number of primary amides is 1. The fraction of sp³-hybridized carbons (Fsp3) is 0.0909. The number of ether oxygens (including phenoxy) is 2. The number of benzene rings is 3. The van der Waals surface area contributed by atoms with Crippen molar-refractivity contribution >= 4 is 29.1 Å². The number of nitrogens with one attached hydrogen (secondary N) is 1. The van der Waals surface area contributed by atoms with Crippen LogP contribution in [0, 0.1) is 0 Å². The SMILES string of the molecule is COc1cc(Cl)ccc1Oc1ccc(C(F)(F)F)cc1C(=O)Nc1cccc(C(N)=O)c1. The molecular formula is C22H16ClF3N2O4. The van der Waals surface area contributed by atoms with Gasteiger partial charge in [0.05, 0.1) is 18.2 Å². The van der Waals surface area contributed by atoms with Crippen LogP contribution in [0.25, 0.3) is 0 Å². The van der Waals surface area contributed by atoms with Crippen molar-refractivity contribution in [2.24, 2.45) is 5.73 Å². The second-order valence-electron chi connectivity index (χ2n) is 6.51. The summed E-state index contributed by atoms with van der Waals surface area (Å²) in [5, 5.41) is 2.81. The van der Waals surface area contributed by atoms with Gasteiger partial charge >= 0.3 is 6.18 Å². The van der Waals surface area contributed by atoms with Crippen molar-refractivity contribution in [1.29, 1.82) is 0 Å². The van der Waals surface area contributed by atoms with E-state index in [9.17, 15) is 22.8 Å². The van der Waals surface area contributed by atoms with Crippen LogP contribution >= 0.6 is 11.6 Å². The number of methoxy groups -OCH3 is 1. The third kappa shape index (κ3) is 5.30. The molecule has 10 heteroatoms. The van der Waals surface area contributed by atoms with Crippen molar-refractivity contribution < 1.29 is 32.2 Å². The van der Waals surface area contributed by atoms with Gasteiger partial charge in [-0.1, -0.05) is 17.7 Å². The first-order valence-corrected chi connectivity index (χ1v) is 9.40. The summed E-state index contributed by atoms with van der Waals surface area (Å²) < 4.78 is 50.7. The molecule has 3 aromatic rings. The first kappa shape index (κ1) is 23.0. The van der Waals surface area contributed by atoms with E-state index in [1.165, 1.54) is 49.6 Å². The molecule has 0 radical (unpaired) electrons. The molecule has 2 amide bonds. The van der Waals surface area contributed by atoms with Gasteiger partial charge in [-0.25, -0.2) is 0 Å². The van der Waals surface area contributed by atoms with E-state index in [4.69, 9.17) is 26.8 Å². The molecule has 0 atom stereocenters. The molecule has 0 spiro atoms. The first-order chi connectivity index (χ1) is 15.1. The quantitative estimate of drug-likeness (QED) is 0.503. The maximum atomic E-state index is 13.3. The summed E-state index contributed by atoms with van der Waals surface area (Å²) in [5.41, 5.74) is 4.08. The molecule has 0 aliphatic rings. The highest BCUT2D eigenvalue weighted by atomic mass is 35.5. The van der Waals surface area contributed by atoms with E-state index in [0.717, 1.165) is 12.1 Å². The van der Waals surface area contributed by atoms with Gasteiger partial charge in [-0.05, 0) is 48.5 Å².